The molecule has 2 amide bonds. The third-order valence-electron chi connectivity index (χ3n) is 13.2. The van der Waals surface area contributed by atoms with Gasteiger partial charge in [-0.25, -0.2) is 4.21 Å². The molecule has 3 aliphatic heterocycles. The van der Waals surface area contributed by atoms with Crippen LogP contribution in [0.5, 0.6) is 5.75 Å². The van der Waals surface area contributed by atoms with E-state index in [-0.39, 0.29) is 34.3 Å². The fourth-order valence-corrected chi connectivity index (χ4v) is 11.4. The summed E-state index contributed by atoms with van der Waals surface area (Å²) in [5.41, 5.74) is 2.63. The first-order valence-corrected chi connectivity index (χ1v) is 21.3. The summed E-state index contributed by atoms with van der Waals surface area (Å²) in [6.45, 7) is 12.8. The number of carbonyl (C=O) groups is 2. The Morgan fingerprint density at radius 1 is 1.10 bits per heavy atom. The van der Waals surface area contributed by atoms with Crippen molar-refractivity contribution in [3.63, 3.8) is 0 Å². The van der Waals surface area contributed by atoms with Gasteiger partial charge < -0.3 is 19.6 Å². The van der Waals surface area contributed by atoms with E-state index in [1.807, 2.05) is 30.0 Å². The third kappa shape index (κ3) is 7.25. The summed E-state index contributed by atoms with van der Waals surface area (Å²) in [6, 6.07) is 11.8. The zero-order valence-corrected chi connectivity index (χ0v) is 32.4. The topological polar surface area (TPSA) is 102 Å². The monoisotopic (exact) mass is 750 g/mol. The number of carbonyl (C=O) groups excluding carboxylic acids is 2. The number of amides is 2. The molecule has 0 aromatic heterocycles. The van der Waals surface area contributed by atoms with Crippen LogP contribution in [0.4, 0.5) is 5.69 Å². The lowest BCUT2D eigenvalue weighted by Crippen LogP contribution is -2.59. The number of fused-ring (bicyclic) bond motifs is 4. The molecule has 1 saturated carbocycles. The number of rotatable bonds is 3. The fraction of sp³-hybridized carbons (Fsp3) is 0.585. The summed E-state index contributed by atoms with van der Waals surface area (Å²) in [4.78, 5) is 32.6. The van der Waals surface area contributed by atoms with Crippen LogP contribution in [0.25, 0.3) is 0 Å². The third-order valence-corrected chi connectivity index (χ3v) is 15.6. The molecule has 52 heavy (non-hydrogen) atoms. The van der Waals surface area contributed by atoms with Gasteiger partial charge in [-0.15, -0.1) is 0 Å². The summed E-state index contributed by atoms with van der Waals surface area (Å²) >= 11 is 6.49. The molecule has 1 unspecified atom stereocenters. The maximum absolute atomic E-state index is 14.0. The van der Waals surface area contributed by atoms with Gasteiger partial charge in [0.05, 0.1) is 27.6 Å². The number of anilines is 1. The van der Waals surface area contributed by atoms with E-state index in [2.05, 4.69) is 46.0 Å². The maximum Gasteiger partial charge on any atom is 0.262 e. The number of aliphatic hydroxyl groups is 1. The predicted octanol–water partition coefficient (Wildman–Crippen LogP) is 5.47. The predicted molar refractivity (Wildman–Crippen MR) is 210 cm³/mol. The lowest BCUT2D eigenvalue weighted by atomic mass is 9.62. The SMILES string of the molecule is C=CC(=O)N1CCN(C[C@]2(O)CCC[C@H](C)[C@@H](C)S(=C)(=O)NC(=O)c3ccc4c(c3)N(C[C@@H]3CC[C@H]32)C[C@@]2(CCCc3cc(Cl)ccc32)CO4)CC1. The maximum atomic E-state index is 14.0. The molecule has 3 heterocycles. The second kappa shape index (κ2) is 14.6. The van der Waals surface area contributed by atoms with Crippen LogP contribution in [-0.2, 0) is 26.3 Å². The van der Waals surface area contributed by atoms with E-state index >= 15 is 0 Å². The average molecular weight is 751 g/mol. The highest BCUT2D eigenvalue weighted by Crippen LogP contribution is 2.49. The molecule has 2 aliphatic carbocycles. The van der Waals surface area contributed by atoms with Gasteiger partial charge in [0.2, 0.25) is 5.91 Å². The number of halogens is 1. The second-order valence-corrected chi connectivity index (χ2v) is 19.2. The van der Waals surface area contributed by atoms with Gasteiger partial charge in [-0.2, -0.15) is 0 Å². The van der Waals surface area contributed by atoms with Crippen molar-refractivity contribution in [2.45, 2.75) is 81.5 Å². The largest absolute Gasteiger partial charge is 0.490 e. The molecule has 9 nitrogen and oxygen atoms in total. The molecule has 2 aromatic carbocycles. The Balaban J connectivity index is 1.25. The summed E-state index contributed by atoms with van der Waals surface area (Å²) in [5.74, 6) is 4.68. The second-order valence-electron chi connectivity index (χ2n) is 16.4. The van der Waals surface area contributed by atoms with E-state index in [9.17, 15) is 18.9 Å². The van der Waals surface area contributed by atoms with Crippen LogP contribution < -0.4 is 14.4 Å². The zero-order chi connectivity index (χ0) is 36.8. The number of hydrogen-bond donors (Lipinski definition) is 2. The molecule has 1 spiro atoms. The highest BCUT2D eigenvalue weighted by atomic mass is 35.5. The number of nitrogens with one attached hydrogen (secondary N) is 1. The highest BCUT2D eigenvalue weighted by molar-refractivity contribution is 7.99. The fourth-order valence-electron chi connectivity index (χ4n) is 9.71. The van der Waals surface area contributed by atoms with Crippen molar-refractivity contribution in [3.05, 3.63) is 70.8 Å². The Hall–Kier alpha value is -3.05. The Labute approximate surface area is 314 Å². The van der Waals surface area contributed by atoms with Crippen molar-refractivity contribution in [1.29, 1.82) is 0 Å². The number of nitrogens with zero attached hydrogens (tertiary/aromatic N) is 3. The Kier molecular flexibility index (Phi) is 10.5. The van der Waals surface area contributed by atoms with Crippen LogP contribution in [0.3, 0.4) is 0 Å². The molecule has 7 atom stereocenters. The van der Waals surface area contributed by atoms with E-state index in [4.69, 9.17) is 16.3 Å². The quantitative estimate of drug-likeness (QED) is 0.317. The van der Waals surface area contributed by atoms with Crippen molar-refractivity contribution in [2.75, 3.05) is 57.3 Å². The van der Waals surface area contributed by atoms with Crippen LogP contribution in [0.1, 0.15) is 80.3 Å². The van der Waals surface area contributed by atoms with E-state index in [0.29, 0.717) is 57.9 Å². The van der Waals surface area contributed by atoms with Crippen LogP contribution in [0, 0.1) is 17.8 Å². The minimum atomic E-state index is -2.98. The van der Waals surface area contributed by atoms with Crippen molar-refractivity contribution in [3.8, 4) is 5.75 Å². The van der Waals surface area contributed by atoms with Gasteiger partial charge in [0.1, 0.15) is 5.75 Å². The van der Waals surface area contributed by atoms with Gasteiger partial charge in [0.25, 0.3) is 5.91 Å². The number of aryl methyl sites for hydroxylation is 1. The van der Waals surface area contributed by atoms with Crippen molar-refractivity contribution in [1.82, 2.24) is 14.5 Å². The van der Waals surface area contributed by atoms with Crippen LogP contribution in [0.15, 0.2) is 49.1 Å². The molecule has 11 heteroatoms. The number of benzene rings is 2. The van der Waals surface area contributed by atoms with Crippen molar-refractivity contribution < 1.29 is 23.6 Å². The molecular weight excluding hydrogens is 696 g/mol. The summed E-state index contributed by atoms with van der Waals surface area (Å²) in [6.07, 6.45) is 8.47. The number of ether oxygens (including phenoxy) is 1. The first-order chi connectivity index (χ1) is 24.8. The Morgan fingerprint density at radius 2 is 1.88 bits per heavy atom. The number of hydrogen-bond acceptors (Lipinski definition) is 7. The van der Waals surface area contributed by atoms with Crippen molar-refractivity contribution in [2.24, 2.45) is 17.8 Å². The van der Waals surface area contributed by atoms with Crippen LogP contribution >= 0.6 is 11.6 Å². The summed E-state index contributed by atoms with van der Waals surface area (Å²) in [5, 5.41) is 13.2. The van der Waals surface area contributed by atoms with Crippen LogP contribution in [-0.4, -0.2) is 100 Å². The normalized spacial score (nSPS) is 34.2. The highest BCUT2D eigenvalue weighted by Gasteiger charge is 2.49. The molecule has 5 aliphatic rings. The van der Waals surface area contributed by atoms with E-state index in [1.165, 1.54) is 17.2 Å². The standard InChI is InChI=1S/C41H55ClN4O5S/c1-5-38(47)45-20-18-44(19-21-45)26-41(49)17-6-8-28(2)29(3)52(4,50)43-39(48)31-11-15-37-36(23-31)46(24-32-10-13-35(32)41)25-40(27-51-37)16-7-9-30-22-33(42)12-14-34(30)40/h5,11-12,14-15,22-23,28-29,32,35,49H,1,4,6-10,13,16-21,24-27H2,2-3H3,(H,43,48,50)/t28-,29+,32-,35+,40-,41+,52?/m0/s1. The van der Waals surface area contributed by atoms with E-state index in [1.54, 1.807) is 6.07 Å². The average Bonchev–Trinajstić information content (AvgIpc) is 3.25. The summed E-state index contributed by atoms with van der Waals surface area (Å²) in [7, 11) is -2.98. The number of piperazine rings is 1. The first-order valence-electron chi connectivity index (χ1n) is 19.2. The lowest BCUT2D eigenvalue weighted by molar-refractivity contribution is -0.130. The molecule has 2 N–H and O–H groups in total. The van der Waals surface area contributed by atoms with E-state index in [0.717, 1.165) is 68.0 Å². The van der Waals surface area contributed by atoms with Gasteiger partial charge in [0, 0.05) is 67.1 Å². The van der Waals surface area contributed by atoms with Gasteiger partial charge in [-0.1, -0.05) is 37.6 Å². The molecular formula is C41H55ClN4O5S. The molecule has 2 fully saturated rings. The Bertz CT molecular complexity index is 1810. The molecule has 7 rings (SSSR count). The molecule has 2 bridgehead atoms. The van der Waals surface area contributed by atoms with E-state index < -0.39 is 21.2 Å². The van der Waals surface area contributed by atoms with Gasteiger partial charge >= 0.3 is 0 Å². The summed E-state index contributed by atoms with van der Waals surface area (Å²) < 4.78 is 23.5. The Morgan fingerprint density at radius 3 is 2.62 bits per heavy atom. The number of β-amino-alcohol motifs (C(OH)–C–C–N with tert-alkyl or cyclic N) is 1. The van der Waals surface area contributed by atoms with Crippen molar-refractivity contribution >= 4 is 44.7 Å². The minimum Gasteiger partial charge on any atom is -0.490 e. The molecule has 282 valence electrons. The smallest absolute Gasteiger partial charge is 0.262 e. The lowest BCUT2D eigenvalue weighted by Gasteiger charge is -2.52. The van der Waals surface area contributed by atoms with Gasteiger partial charge in [-0.05, 0) is 123 Å². The molecule has 1 saturated heterocycles. The zero-order valence-electron chi connectivity index (χ0n) is 30.8. The first kappa shape index (κ1) is 37.3. The minimum absolute atomic E-state index is 0.0217. The van der Waals surface area contributed by atoms with Crippen LogP contribution in [0.2, 0.25) is 5.02 Å². The molecule has 2 aromatic rings. The van der Waals surface area contributed by atoms with Gasteiger partial charge in [-0.3, -0.25) is 19.2 Å². The van der Waals surface area contributed by atoms with Gasteiger partial charge in [0.15, 0.2) is 0 Å². The molecule has 0 radical (unpaired) electrons.